The SMILES string of the molecule is C[C@@](NC(=O)CC[C@H]1CCCCO1)(C(=O)O)c1cc(F)ccc1F. The van der Waals surface area contributed by atoms with Crippen molar-refractivity contribution in [1.82, 2.24) is 5.32 Å². The van der Waals surface area contributed by atoms with Gasteiger partial charge < -0.3 is 15.2 Å². The van der Waals surface area contributed by atoms with Crippen LogP contribution in [0.2, 0.25) is 0 Å². The lowest BCUT2D eigenvalue weighted by Gasteiger charge is -2.28. The third-order valence-electron chi connectivity index (χ3n) is 4.25. The van der Waals surface area contributed by atoms with Crippen molar-refractivity contribution in [3.8, 4) is 0 Å². The Kier molecular flexibility index (Phi) is 5.88. The van der Waals surface area contributed by atoms with E-state index < -0.39 is 34.6 Å². The van der Waals surface area contributed by atoms with E-state index in [1.54, 1.807) is 0 Å². The van der Waals surface area contributed by atoms with Crippen LogP contribution in [0.3, 0.4) is 0 Å². The normalized spacial score (nSPS) is 20.2. The summed E-state index contributed by atoms with van der Waals surface area (Å²) in [6.45, 7) is 1.80. The van der Waals surface area contributed by atoms with Gasteiger partial charge in [-0.05, 0) is 50.8 Å². The Balaban J connectivity index is 2.08. The summed E-state index contributed by atoms with van der Waals surface area (Å²) in [5.41, 5.74) is -2.46. The van der Waals surface area contributed by atoms with Gasteiger partial charge in [0.1, 0.15) is 11.6 Å². The molecule has 0 aliphatic carbocycles. The molecule has 1 aliphatic rings. The van der Waals surface area contributed by atoms with E-state index in [1.165, 1.54) is 0 Å². The van der Waals surface area contributed by atoms with Crippen molar-refractivity contribution in [1.29, 1.82) is 0 Å². The maximum atomic E-state index is 14.0. The van der Waals surface area contributed by atoms with Crippen molar-refractivity contribution in [2.45, 2.75) is 50.7 Å². The number of hydrogen-bond acceptors (Lipinski definition) is 3. The van der Waals surface area contributed by atoms with Gasteiger partial charge in [0.05, 0.1) is 6.10 Å². The van der Waals surface area contributed by atoms with Gasteiger partial charge in [-0.1, -0.05) is 0 Å². The molecule has 2 atom stereocenters. The lowest BCUT2D eigenvalue weighted by molar-refractivity contribution is -0.147. The Bertz CT molecular complexity index is 617. The fourth-order valence-corrected chi connectivity index (χ4v) is 2.79. The lowest BCUT2D eigenvalue weighted by atomic mass is 9.91. The molecule has 0 unspecified atom stereocenters. The van der Waals surface area contributed by atoms with Gasteiger partial charge >= 0.3 is 5.97 Å². The lowest BCUT2D eigenvalue weighted by Crippen LogP contribution is -2.50. The molecule has 0 aromatic heterocycles. The third kappa shape index (κ3) is 4.29. The van der Waals surface area contributed by atoms with Crippen molar-refractivity contribution in [3.63, 3.8) is 0 Å². The molecule has 1 fully saturated rings. The summed E-state index contributed by atoms with van der Waals surface area (Å²) in [7, 11) is 0. The molecular formula is C17H21F2NO4. The third-order valence-corrected chi connectivity index (χ3v) is 4.25. The smallest absolute Gasteiger partial charge is 0.333 e. The molecule has 1 aromatic rings. The summed E-state index contributed by atoms with van der Waals surface area (Å²) in [4.78, 5) is 23.7. The number of carbonyl (C=O) groups excluding carboxylic acids is 1. The molecule has 1 aromatic carbocycles. The number of hydrogen-bond donors (Lipinski definition) is 2. The molecule has 2 rings (SSSR count). The number of carboxylic acid groups (broad SMARTS) is 1. The number of amides is 1. The summed E-state index contributed by atoms with van der Waals surface area (Å²) in [5.74, 6) is -3.67. The Labute approximate surface area is 139 Å². The standard InChI is InChI=1S/C17H21F2NO4/c1-17(16(22)23,13-10-11(18)5-7-14(13)19)20-15(21)8-6-12-4-2-3-9-24-12/h5,7,10,12H,2-4,6,8-9H2,1H3,(H,20,21)(H,22,23)/t12-,17+/m1/s1. The highest BCUT2D eigenvalue weighted by molar-refractivity contribution is 5.87. The second kappa shape index (κ2) is 7.70. The molecule has 5 nitrogen and oxygen atoms in total. The predicted molar refractivity (Wildman–Crippen MR) is 82.3 cm³/mol. The van der Waals surface area contributed by atoms with Crippen LogP contribution >= 0.6 is 0 Å². The quantitative estimate of drug-likeness (QED) is 0.834. The minimum Gasteiger partial charge on any atom is -0.479 e. The van der Waals surface area contributed by atoms with E-state index in [4.69, 9.17) is 4.74 Å². The number of halogens is 2. The van der Waals surface area contributed by atoms with Crippen molar-refractivity contribution >= 4 is 11.9 Å². The second-order valence-electron chi connectivity index (χ2n) is 6.13. The van der Waals surface area contributed by atoms with Gasteiger partial charge in [0, 0.05) is 18.6 Å². The summed E-state index contributed by atoms with van der Waals surface area (Å²) in [6, 6.07) is 2.52. The first-order chi connectivity index (χ1) is 11.3. The molecule has 0 bridgehead atoms. The van der Waals surface area contributed by atoms with Gasteiger partial charge in [-0.15, -0.1) is 0 Å². The average molecular weight is 341 g/mol. The second-order valence-corrected chi connectivity index (χ2v) is 6.13. The molecule has 0 radical (unpaired) electrons. The van der Waals surface area contributed by atoms with E-state index in [0.717, 1.165) is 44.4 Å². The maximum Gasteiger partial charge on any atom is 0.333 e. The van der Waals surface area contributed by atoms with Crippen LogP contribution < -0.4 is 5.32 Å². The number of carbonyl (C=O) groups is 2. The van der Waals surface area contributed by atoms with Crippen LogP contribution in [0, 0.1) is 11.6 Å². The van der Waals surface area contributed by atoms with Gasteiger partial charge in [-0.2, -0.15) is 0 Å². The molecule has 0 saturated carbocycles. The van der Waals surface area contributed by atoms with Crippen LogP contribution in [0.1, 0.15) is 44.6 Å². The molecule has 2 N–H and O–H groups in total. The summed E-state index contributed by atoms with van der Waals surface area (Å²) >= 11 is 0. The van der Waals surface area contributed by atoms with Crippen LogP contribution in [0.4, 0.5) is 8.78 Å². The van der Waals surface area contributed by atoms with Crippen molar-refractivity contribution in [2.75, 3.05) is 6.61 Å². The number of rotatable bonds is 6. The molecule has 0 spiro atoms. The monoisotopic (exact) mass is 341 g/mol. The van der Waals surface area contributed by atoms with E-state index in [1.807, 2.05) is 0 Å². The maximum absolute atomic E-state index is 14.0. The zero-order valence-electron chi connectivity index (χ0n) is 13.5. The minimum absolute atomic E-state index is 0.0218. The predicted octanol–water partition coefficient (Wildman–Crippen LogP) is 2.73. The van der Waals surface area contributed by atoms with Gasteiger partial charge in [-0.25, -0.2) is 13.6 Å². The van der Waals surface area contributed by atoms with Crippen LogP contribution in [-0.2, 0) is 19.9 Å². The Hall–Kier alpha value is -2.02. The largest absolute Gasteiger partial charge is 0.479 e. The highest BCUT2D eigenvalue weighted by Crippen LogP contribution is 2.26. The topological polar surface area (TPSA) is 75.6 Å². The van der Waals surface area contributed by atoms with Crippen LogP contribution in [0.25, 0.3) is 0 Å². The van der Waals surface area contributed by atoms with Crippen molar-refractivity contribution in [3.05, 3.63) is 35.4 Å². The molecule has 1 saturated heterocycles. The highest BCUT2D eigenvalue weighted by atomic mass is 19.1. The van der Waals surface area contributed by atoms with Gasteiger partial charge in [-0.3, -0.25) is 4.79 Å². The molecule has 24 heavy (non-hydrogen) atoms. The number of aliphatic carboxylic acids is 1. The van der Waals surface area contributed by atoms with Crippen LogP contribution in [-0.4, -0.2) is 29.7 Å². The minimum atomic E-state index is -2.04. The highest BCUT2D eigenvalue weighted by Gasteiger charge is 2.39. The van der Waals surface area contributed by atoms with Gasteiger partial charge in [0.25, 0.3) is 0 Å². The van der Waals surface area contributed by atoms with E-state index in [9.17, 15) is 23.5 Å². The number of benzene rings is 1. The van der Waals surface area contributed by atoms with Crippen molar-refractivity contribution in [2.24, 2.45) is 0 Å². The Morgan fingerprint density at radius 2 is 2.12 bits per heavy atom. The fraction of sp³-hybridized carbons (Fsp3) is 0.529. The van der Waals surface area contributed by atoms with E-state index >= 15 is 0 Å². The molecular weight excluding hydrogens is 320 g/mol. The Morgan fingerprint density at radius 3 is 2.75 bits per heavy atom. The van der Waals surface area contributed by atoms with Crippen molar-refractivity contribution < 1.29 is 28.2 Å². The molecule has 1 amide bonds. The summed E-state index contributed by atoms with van der Waals surface area (Å²) in [5, 5.41) is 11.8. The van der Waals surface area contributed by atoms with Gasteiger partial charge in [0.2, 0.25) is 5.91 Å². The number of nitrogens with one attached hydrogen (secondary N) is 1. The molecule has 1 heterocycles. The van der Waals surface area contributed by atoms with E-state index in [-0.39, 0.29) is 12.5 Å². The fourth-order valence-electron chi connectivity index (χ4n) is 2.79. The van der Waals surface area contributed by atoms with Crippen LogP contribution in [0.15, 0.2) is 18.2 Å². The zero-order chi connectivity index (χ0) is 17.7. The first-order valence-corrected chi connectivity index (χ1v) is 7.94. The number of ether oxygens (including phenoxy) is 1. The average Bonchev–Trinajstić information content (AvgIpc) is 2.56. The molecule has 132 valence electrons. The van der Waals surface area contributed by atoms with Crippen LogP contribution in [0.5, 0.6) is 0 Å². The first-order valence-electron chi connectivity index (χ1n) is 7.94. The summed E-state index contributed by atoms with van der Waals surface area (Å²) < 4.78 is 32.9. The summed E-state index contributed by atoms with van der Waals surface area (Å²) in [6.07, 6.45) is 3.40. The van der Waals surface area contributed by atoms with Gasteiger partial charge in [0.15, 0.2) is 5.54 Å². The van der Waals surface area contributed by atoms with E-state index in [0.29, 0.717) is 13.0 Å². The molecule has 1 aliphatic heterocycles. The Morgan fingerprint density at radius 1 is 1.38 bits per heavy atom. The van der Waals surface area contributed by atoms with E-state index in [2.05, 4.69) is 5.32 Å². The molecule has 7 heteroatoms. The zero-order valence-corrected chi connectivity index (χ0v) is 13.5. The number of carboxylic acids is 1. The first kappa shape index (κ1) is 18.3.